The third kappa shape index (κ3) is 3.54. The largest absolute Gasteiger partial charge is 0.440 e. The molecule has 1 aliphatic heterocycles. The molecule has 1 aliphatic rings. The Labute approximate surface area is 158 Å². The maximum absolute atomic E-state index is 13.3. The van der Waals surface area contributed by atoms with Crippen molar-refractivity contribution in [1.29, 1.82) is 0 Å². The van der Waals surface area contributed by atoms with Gasteiger partial charge in [-0.1, -0.05) is 11.3 Å². The number of rotatable bonds is 3. The van der Waals surface area contributed by atoms with Crippen LogP contribution >= 0.6 is 11.3 Å². The summed E-state index contributed by atoms with van der Waals surface area (Å²) >= 11 is 1.42. The summed E-state index contributed by atoms with van der Waals surface area (Å²) in [5.41, 5.74) is 0.749. The lowest BCUT2D eigenvalue weighted by molar-refractivity contribution is 0.0709. The minimum Gasteiger partial charge on any atom is -0.440 e. The van der Waals surface area contributed by atoms with Crippen molar-refractivity contribution < 1.29 is 22.0 Å². The number of hydrogen-bond acceptors (Lipinski definition) is 7. The van der Waals surface area contributed by atoms with Crippen molar-refractivity contribution in [1.82, 2.24) is 9.88 Å². The standard InChI is InChI=1S/C17H16FN3O4S2/c1-27(23,24)15-5-4-13(25-15)16(22)20-6-8-21(9-7-20)17-19-12-3-2-11(18)10-14(12)26-17/h2-5,10H,6-9H2,1H3. The molecule has 0 bridgehead atoms. The molecule has 1 aromatic carbocycles. The number of carbonyl (C=O) groups is 1. The molecule has 10 heteroatoms. The molecule has 0 unspecified atom stereocenters. The van der Waals surface area contributed by atoms with Crippen molar-refractivity contribution in [3.8, 4) is 0 Å². The molecular formula is C17H16FN3O4S2. The van der Waals surface area contributed by atoms with Gasteiger partial charge in [-0.2, -0.15) is 0 Å². The van der Waals surface area contributed by atoms with Crippen molar-refractivity contribution in [2.75, 3.05) is 37.3 Å². The summed E-state index contributed by atoms with van der Waals surface area (Å²) in [5, 5.41) is 0.575. The van der Waals surface area contributed by atoms with Crippen LogP contribution < -0.4 is 4.90 Å². The molecule has 2 aromatic heterocycles. The van der Waals surface area contributed by atoms with E-state index < -0.39 is 9.84 Å². The molecule has 7 nitrogen and oxygen atoms in total. The van der Waals surface area contributed by atoms with Crippen LogP contribution in [0.2, 0.25) is 0 Å². The molecule has 3 aromatic rings. The van der Waals surface area contributed by atoms with Crippen LogP contribution in [0, 0.1) is 5.82 Å². The van der Waals surface area contributed by atoms with Gasteiger partial charge in [0.1, 0.15) is 5.82 Å². The van der Waals surface area contributed by atoms with E-state index in [0.717, 1.165) is 21.6 Å². The second-order valence-corrected chi connectivity index (χ2v) is 9.23. The molecule has 3 heterocycles. The second kappa shape index (κ2) is 6.61. The normalized spacial score (nSPS) is 15.5. The average Bonchev–Trinajstić information content (AvgIpc) is 3.28. The van der Waals surface area contributed by atoms with Crippen LogP contribution in [-0.2, 0) is 9.84 Å². The summed E-state index contributed by atoms with van der Waals surface area (Å²) in [4.78, 5) is 20.7. The molecule has 1 saturated heterocycles. The molecule has 4 rings (SSSR count). The maximum atomic E-state index is 13.3. The Bertz CT molecular complexity index is 1110. The zero-order valence-corrected chi connectivity index (χ0v) is 16.0. The van der Waals surface area contributed by atoms with Gasteiger partial charge in [0.25, 0.3) is 5.91 Å². The highest BCUT2D eigenvalue weighted by atomic mass is 32.2. The van der Waals surface area contributed by atoms with Crippen molar-refractivity contribution in [3.63, 3.8) is 0 Å². The Kier molecular flexibility index (Phi) is 4.39. The number of anilines is 1. The number of furan rings is 1. The predicted molar refractivity (Wildman–Crippen MR) is 99.5 cm³/mol. The van der Waals surface area contributed by atoms with E-state index in [4.69, 9.17) is 4.42 Å². The van der Waals surface area contributed by atoms with Crippen molar-refractivity contribution in [3.05, 3.63) is 41.9 Å². The van der Waals surface area contributed by atoms with Crippen molar-refractivity contribution in [2.24, 2.45) is 0 Å². The van der Waals surface area contributed by atoms with Gasteiger partial charge in [0.05, 0.1) is 10.2 Å². The van der Waals surface area contributed by atoms with E-state index in [-0.39, 0.29) is 22.6 Å². The second-order valence-electron chi connectivity index (χ2n) is 6.28. The van der Waals surface area contributed by atoms with Gasteiger partial charge in [-0.15, -0.1) is 0 Å². The highest BCUT2D eigenvalue weighted by molar-refractivity contribution is 7.90. The van der Waals surface area contributed by atoms with Gasteiger partial charge < -0.3 is 14.2 Å². The van der Waals surface area contributed by atoms with Gasteiger partial charge >= 0.3 is 0 Å². The van der Waals surface area contributed by atoms with Gasteiger partial charge in [0.2, 0.25) is 14.9 Å². The van der Waals surface area contributed by atoms with E-state index in [2.05, 4.69) is 9.88 Å². The van der Waals surface area contributed by atoms with Crippen LogP contribution in [0.3, 0.4) is 0 Å². The number of fused-ring (bicyclic) bond motifs is 1. The van der Waals surface area contributed by atoms with Gasteiger partial charge in [-0.05, 0) is 30.3 Å². The average molecular weight is 409 g/mol. The summed E-state index contributed by atoms with van der Waals surface area (Å²) < 4.78 is 42.3. The maximum Gasteiger partial charge on any atom is 0.289 e. The Morgan fingerprint density at radius 1 is 1.19 bits per heavy atom. The minimum atomic E-state index is -3.49. The zero-order valence-electron chi connectivity index (χ0n) is 14.4. The summed E-state index contributed by atoms with van der Waals surface area (Å²) in [6, 6.07) is 7.18. The molecule has 0 aliphatic carbocycles. The van der Waals surface area contributed by atoms with Crippen LogP contribution in [0.5, 0.6) is 0 Å². The fourth-order valence-electron chi connectivity index (χ4n) is 2.91. The lowest BCUT2D eigenvalue weighted by Crippen LogP contribution is -2.48. The van der Waals surface area contributed by atoms with Crippen LogP contribution in [-0.4, -0.2) is 56.6 Å². The zero-order chi connectivity index (χ0) is 19.2. The highest BCUT2D eigenvalue weighted by Gasteiger charge is 2.26. The molecule has 1 fully saturated rings. The monoisotopic (exact) mass is 409 g/mol. The third-order valence-electron chi connectivity index (χ3n) is 4.33. The number of piperazine rings is 1. The van der Waals surface area contributed by atoms with E-state index in [9.17, 15) is 17.6 Å². The Morgan fingerprint density at radius 3 is 2.59 bits per heavy atom. The molecule has 0 atom stereocenters. The fourth-order valence-corrected chi connectivity index (χ4v) is 4.51. The topological polar surface area (TPSA) is 83.7 Å². The van der Waals surface area contributed by atoms with Gasteiger partial charge in [0, 0.05) is 32.4 Å². The molecule has 0 saturated carbocycles. The summed E-state index contributed by atoms with van der Waals surface area (Å²) in [7, 11) is -3.49. The lowest BCUT2D eigenvalue weighted by atomic mass is 10.3. The molecule has 27 heavy (non-hydrogen) atoms. The summed E-state index contributed by atoms with van der Waals surface area (Å²) in [6.07, 6.45) is 1.03. The molecule has 142 valence electrons. The Hall–Kier alpha value is -2.46. The Balaban J connectivity index is 1.45. The van der Waals surface area contributed by atoms with Crippen LogP contribution in [0.25, 0.3) is 10.2 Å². The first-order chi connectivity index (χ1) is 12.8. The van der Waals surface area contributed by atoms with E-state index >= 15 is 0 Å². The van der Waals surface area contributed by atoms with Crippen molar-refractivity contribution >= 4 is 42.4 Å². The molecule has 0 radical (unpaired) electrons. The molecular weight excluding hydrogens is 393 g/mol. The van der Waals surface area contributed by atoms with Gasteiger partial charge in [0.15, 0.2) is 10.9 Å². The number of aromatic nitrogens is 1. The molecule has 0 N–H and O–H groups in total. The number of carbonyl (C=O) groups excluding carboxylic acids is 1. The number of thiazole rings is 1. The first-order valence-electron chi connectivity index (χ1n) is 8.21. The SMILES string of the molecule is CS(=O)(=O)c1ccc(C(=O)N2CCN(c3nc4ccc(F)cc4s3)CC2)o1. The molecule has 1 amide bonds. The first kappa shape index (κ1) is 17.9. The summed E-state index contributed by atoms with van der Waals surface area (Å²) in [5.74, 6) is -0.615. The number of sulfone groups is 1. The third-order valence-corrected chi connectivity index (χ3v) is 6.36. The fraction of sp³-hybridized carbons (Fsp3) is 0.294. The van der Waals surface area contributed by atoms with Crippen LogP contribution in [0.15, 0.2) is 39.8 Å². The Morgan fingerprint density at radius 2 is 1.93 bits per heavy atom. The van der Waals surface area contributed by atoms with Crippen LogP contribution in [0.4, 0.5) is 9.52 Å². The van der Waals surface area contributed by atoms with Gasteiger partial charge in [-0.25, -0.2) is 17.8 Å². The number of halogens is 1. The van der Waals surface area contributed by atoms with E-state index in [1.54, 1.807) is 11.0 Å². The van der Waals surface area contributed by atoms with Crippen molar-refractivity contribution in [2.45, 2.75) is 5.09 Å². The summed E-state index contributed by atoms with van der Waals surface area (Å²) in [6.45, 7) is 2.07. The number of nitrogens with zero attached hydrogens (tertiary/aromatic N) is 3. The first-order valence-corrected chi connectivity index (χ1v) is 10.9. The van der Waals surface area contributed by atoms with E-state index in [1.165, 1.54) is 35.6 Å². The number of amides is 1. The smallest absolute Gasteiger partial charge is 0.289 e. The minimum absolute atomic E-state index is 0.0133. The quantitative estimate of drug-likeness (QED) is 0.661. The number of hydrogen-bond donors (Lipinski definition) is 0. The van der Waals surface area contributed by atoms with E-state index in [1.807, 2.05) is 0 Å². The highest BCUT2D eigenvalue weighted by Crippen LogP contribution is 2.30. The van der Waals surface area contributed by atoms with E-state index in [0.29, 0.717) is 26.2 Å². The van der Waals surface area contributed by atoms with Gasteiger partial charge in [-0.3, -0.25) is 4.79 Å². The number of benzene rings is 1. The predicted octanol–water partition coefficient (Wildman–Crippen LogP) is 2.39. The van der Waals surface area contributed by atoms with Crippen LogP contribution in [0.1, 0.15) is 10.6 Å². The lowest BCUT2D eigenvalue weighted by Gasteiger charge is -2.34. The molecule has 0 spiro atoms.